The van der Waals surface area contributed by atoms with Crippen LogP contribution < -0.4 is 4.74 Å². The molecule has 1 aromatic carbocycles. The highest BCUT2D eigenvalue weighted by atomic mass is 19.2. The quantitative estimate of drug-likeness (QED) is 0.284. The first-order chi connectivity index (χ1) is 18.4. The first-order valence-corrected chi connectivity index (χ1v) is 16.1. The van der Waals surface area contributed by atoms with Gasteiger partial charge in [0.15, 0.2) is 11.6 Å². The summed E-state index contributed by atoms with van der Waals surface area (Å²) in [5.41, 5.74) is 1.28. The Balaban J connectivity index is 1.39. The van der Waals surface area contributed by atoms with Gasteiger partial charge in [0, 0.05) is 0 Å². The minimum absolute atomic E-state index is 0.0337. The van der Waals surface area contributed by atoms with Crippen LogP contribution in [-0.4, -0.2) is 12.8 Å². The lowest BCUT2D eigenvalue weighted by atomic mass is 9.69. The summed E-state index contributed by atoms with van der Waals surface area (Å²) in [5, 5.41) is 7.69. The highest BCUT2D eigenvalue weighted by Crippen LogP contribution is 2.44. The molecule has 1 aromatic rings. The molecule has 0 heterocycles. The zero-order valence-corrected chi connectivity index (χ0v) is 24.4. The number of hydrogen-bond donors (Lipinski definition) is 1. The molecule has 214 valence electrons. The summed E-state index contributed by atoms with van der Waals surface area (Å²) in [6.45, 7) is 6.98. The lowest BCUT2D eigenvalue weighted by Gasteiger charge is -2.37. The van der Waals surface area contributed by atoms with Gasteiger partial charge in [-0.3, -0.25) is 0 Å². The summed E-state index contributed by atoms with van der Waals surface area (Å²) in [7, 11) is 0. The van der Waals surface area contributed by atoms with Crippen LogP contribution in [0.15, 0.2) is 6.07 Å². The van der Waals surface area contributed by atoms with Crippen molar-refractivity contribution in [2.24, 2.45) is 35.5 Å². The Morgan fingerprint density at radius 3 is 1.97 bits per heavy atom. The molecule has 0 spiro atoms. The normalized spacial score (nSPS) is 31.1. The molecule has 0 saturated heterocycles. The van der Waals surface area contributed by atoms with Crippen LogP contribution in [-0.2, 0) is 6.42 Å². The van der Waals surface area contributed by atoms with Crippen molar-refractivity contribution in [1.29, 1.82) is 5.41 Å². The first-order valence-electron chi connectivity index (χ1n) is 16.1. The molecule has 1 atom stereocenters. The van der Waals surface area contributed by atoms with Gasteiger partial charge in [0.05, 0.1) is 6.61 Å². The highest BCUT2D eigenvalue weighted by Gasteiger charge is 2.32. The maximum Gasteiger partial charge on any atom is 0.201 e. The molecule has 0 aliphatic heterocycles. The number of benzene rings is 1. The number of rotatable bonds is 11. The molecular formula is C34H53F2NO. The Hall–Kier alpha value is -1.45. The lowest BCUT2D eigenvalue weighted by molar-refractivity contribution is 0.121. The van der Waals surface area contributed by atoms with E-state index in [1.807, 2.05) is 13.0 Å². The Kier molecular flexibility index (Phi) is 11.1. The van der Waals surface area contributed by atoms with E-state index in [2.05, 4.69) is 13.8 Å². The molecule has 0 aromatic heterocycles. The van der Waals surface area contributed by atoms with E-state index in [1.54, 1.807) is 0 Å². The molecule has 0 bridgehead atoms. The molecular weight excluding hydrogens is 476 g/mol. The van der Waals surface area contributed by atoms with Crippen molar-refractivity contribution in [1.82, 2.24) is 0 Å². The number of halogens is 2. The number of hydrogen-bond acceptors (Lipinski definition) is 2. The molecule has 2 nitrogen and oxygen atoms in total. The first kappa shape index (κ1) is 29.5. The van der Waals surface area contributed by atoms with E-state index in [0.717, 1.165) is 67.8 Å². The summed E-state index contributed by atoms with van der Waals surface area (Å²) >= 11 is 0. The van der Waals surface area contributed by atoms with Gasteiger partial charge >= 0.3 is 0 Å². The van der Waals surface area contributed by atoms with Crippen LogP contribution in [0.2, 0.25) is 0 Å². The largest absolute Gasteiger partial charge is 0.490 e. The minimum Gasteiger partial charge on any atom is -0.490 e. The maximum absolute atomic E-state index is 15.6. The van der Waals surface area contributed by atoms with Crippen LogP contribution in [0.4, 0.5) is 8.78 Å². The van der Waals surface area contributed by atoms with E-state index < -0.39 is 11.6 Å². The summed E-state index contributed by atoms with van der Waals surface area (Å²) in [4.78, 5) is 0. The predicted octanol–water partition coefficient (Wildman–Crippen LogP) is 10.3. The van der Waals surface area contributed by atoms with Crippen molar-refractivity contribution in [3.63, 3.8) is 0 Å². The van der Waals surface area contributed by atoms with Crippen molar-refractivity contribution in [2.75, 3.05) is 6.61 Å². The average Bonchev–Trinajstić information content (AvgIpc) is 2.95. The average molecular weight is 530 g/mol. The van der Waals surface area contributed by atoms with Gasteiger partial charge in [0.1, 0.15) is 0 Å². The van der Waals surface area contributed by atoms with E-state index in [4.69, 9.17) is 10.1 Å². The molecule has 4 heteroatoms. The van der Waals surface area contributed by atoms with Gasteiger partial charge in [-0.05, 0) is 135 Å². The van der Waals surface area contributed by atoms with Crippen molar-refractivity contribution in [3.05, 3.63) is 28.8 Å². The van der Waals surface area contributed by atoms with Crippen molar-refractivity contribution in [3.8, 4) is 5.75 Å². The number of nitrogens with one attached hydrogen (secondary N) is 1. The van der Waals surface area contributed by atoms with E-state index >= 15 is 8.78 Å². The van der Waals surface area contributed by atoms with Crippen molar-refractivity contribution >= 4 is 6.21 Å². The van der Waals surface area contributed by atoms with E-state index in [1.165, 1.54) is 64.0 Å². The van der Waals surface area contributed by atoms with Crippen molar-refractivity contribution < 1.29 is 13.5 Å². The molecule has 38 heavy (non-hydrogen) atoms. The van der Waals surface area contributed by atoms with Gasteiger partial charge in [-0.15, -0.1) is 0 Å². The Bertz CT molecular complexity index is 877. The zero-order chi connectivity index (χ0) is 27.1. The van der Waals surface area contributed by atoms with Gasteiger partial charge in [0.25, 0.3) is 0 Å². The van der Waals surface area contributed by atoms with Gasteiger partial charge in [-0.25, -0.2) is 4.39 Å². The number of ether oxygens (including phenoxy) is 1. The minimum atomic E-state index is -0.799. The molecule has 0 radical (unpaired) electrons. The fraction of sp³-hybridized carbons (Fsp3) is 0.794. The van der Waals surface area contributed by atoms with Crippen LogP contribution >= 0.6 is 0 Å². The van der Waals surface area contributed by atoms with Gasteiger partial charge < -0.3 is 10.1 Å². The second-order valence-corrected chi connectivity index (χ2v) is 13.2. The standard InChI is InChI=1S/C34H53F2NO/c1-4-6-25-9-17-29(18-10-25)31-20-30(19-23(3)21-37)34(33(36)32(31)35)38-22-26-11-15-28(16-12-26)27-13-7-24(5-2)8-14-27/h20-21,23-29,37H,4-19,22H2,1-3H3/t23-,24?,25?,26?,27?,28?,29?/m0/s1. The molecule has 0 unspecified atom stereocenters. The third-order valence-electron chi connectivity index (χ3n) is 10.6. The summed E-state index contributed by atoms with van der Waals surface area (Å²) < 4.78 is 37.2. The fourth-order valence-corrected chi connectivity index (χ4v) is 7.96. The van der Waals surface area contributed by atoms with Crippen LogP contribution in [0.1, 0.15) is 134 Å². The lowest BCUT2D eigenvalue weighted by Crippen LogP contribution is -2.27. The zero-order valence-electron chi connectivity index (χ0n) is 24.4. The molecule has 0 amide bonds. The third kappa shape index (κ3) is 7.39. The van der Waals surface area contributed by atoms with Crippen LogP contribution in [0.5, 0.6) is 5.75 Å². The van der Waals surface area contributed by atoms with Gasteiger partial charge in [-0.1, -0.05) is 52.9 Å². The summed E-state index contributed by atoms with van der Waals surface area (Å²) in [6, 6.07) is 1.89. The van der Waals surface area contributed by atoms with E-state index in [9.17, 15) is 0 Å². The molecule has 1 N–H and O–H groups in total. The van der Waals surface area contributed by atoms with E-state index in [-0.39, 0.29) is 17.6 Å². The van der Waals surface area contributed by atoms with E-state index in [0.29, 0.717) is 24.5 Å². The smallest absolute Gasteiger partial charge is 0.201 e. The Labute approximate surface area is 231 Å². The van der Waals surface area contributed by atoms with Gasteiger partial charge in [0.2, 0.25) is 5.82 Å². The van der Waals surface area contributed by atoms with Crippen molar-refractivity contribution in [2.45, 2.75) is 129 Å². The molecule has 3 fully saturated rings. The molecule has 4 rings (SSSR count). The van der Waals surface area contributed by atoms with Gasteiger partial charge in [-0.2, -0.15) is 4.39 Å². The Morgan fingerprint density at radius 2 is 1.42 bits per heavy atom. The fourth-order valence-electron chi connectivity index (χ4n) is 7.96. The second-order valence-electron chi connectivity index (χ2n) is 13.2. The van der Waals surface area contributed by atoms with Crippen LogP contribution in [0.25, 0.3) is 0 Å². The molecule has 3 aliphatic carbocycles. The SMILES string of the molecule is CCCC1CCC(c2cc(C[C@H](C)C=N)c(OCC3CCC(C4CCC(CC)CC4)CC3)c(F)c2F)CC1. The van der Waals surface area contributed by atoms with Crippen LogP contribution in [0.3, 0.4) is 0 Å². The predicted molar refractivity (Wildman–Crippen MR) is 154 cm³/mol. The highest BCUT2D eigenvalue weighted by molar-refractivity contribution is 5.57. The summed E-state index contributed by atoms with van der Waals surface area (Å²) in [5.74, 6) is 2.49. The summed E-state index contributed by atoms with van der Waals surface area (Å²) in [6.07, 6.45) is 20.1. The third-order valence-corrected chi connectivity index (χ3v) is 10.6. The topological polar surface area (TPSA) is 33.1 Å². The monoisotopic (exact) mass is 529 g/mol. The second kappa shape index (κ2) is 14.3. The Morgan fingerprint density at radius 1 is 0.842 bits per heavy atom. The molecule has 3 aliphatic rings. The van der Waals surface area contributed by atoms with Crippen LogP contribution in [0, 0.1) is 52.6 Å². The maximum atomic E-state index is 15.6. The molecule has 3 saturated carbocycles.